The highest BCUT2D eigenvalue weighted by Crippen LogP contribution is 2.32. The van der Waals surface area contributed by atoms with Gasteiger partial charge < -0.3 is 15.7 Å². The number of carboxylic acid groups (broad SMARTS) is 1. The lowest BCUT2D eigenvalue weighted by molar-refractivity contribution is -0.146. The van der Waals surface area contributed by atoms with Crippen molar-refractivity contribution < 1.29 is 14.7 Å². The number of rotatable bonds is 3. The average molecular weight is 252 g/mol. The Bertz CT molecular complexity index is 365. The van der Waals surface area contributed by atoms with E-state index in [-0.39, 0.29) is 0 Å². The van der Waals surface area contributed by atoms with Crippen LogP contribution in [0.15, 0.2) is 0 Å². The van der Waals surface area contributed by atoms with Crippen LogP contribution in [-0.2, 0) is 4.79 Å². The summed E-state index contributed by atoms with van der Waals surface area (Å²) in [4.78, 5) is 23.1. The summed E-state index contributed by atoms with van der Waals surface area (Å²) in [5, 5.41) is 14.4. The first-order chi connectivity index (χ1) is 8.39. The highest BCUT2D eigenvalue weighted by Gasteiger charge is 2.42. The molecule has 5 nitrogen and oxygen atoms in total. The Morgan fingerprint density at radius 3 is 2.44 bits per heavy atom. The molecule has 100 valence electrons. The third kappa shape index (κ3) is 3.39. The number of hydrogen-bond acceptors (Lipinski definition) is 2. The van der Waals surface area contributed by atoms with E-state index >= 15 is 0 Å². The van der Waals surface area contributed by atoms with Crippen molar-refractivity contribution in [2.24, 2.45) is 5.92 Å². The molecule has 1 atom stereocenters. The molecule has 1 rings (SSSR count). The molecule has 0 aromatic carbocycles. The van der Waals surface area contributed by atoms with Crippen molar-refractivity contribution >= 4 is 12.0 Å². The van der Waals surface area contributed by atoms with Crippen molar-refractivity contribution in [3.63, 3.8) is 0 Å². The molecule has 0 aromatic heterocycles. The molecule has 0 spiro atoms. The summed E-state index contributed by atoms with van der Waals surface area (Å²) in [6.45, 7) is 3.75. The van der Waals surface area contributed by atoms with Crippen LogP contribution in [0.5, 0.6) is 0 Å². The predicted molar refractivity (Wildman–Crippen MR) is 68.0 cm³/mol. The third-order valence-electron chi connectivity index (χ3n) is 3.49. The van der Waals surface area contributed by atoms with E-state index in [0.717, 1.165) is 12.8 Å². The molecular formula is C13H20N2O3. The fourth-order valence-electron chi connectivity index (χ4n) is 2.14. The van der Waals surface area contributed by atoms with Gasteiger partial charge in [0.15, 0.2) is 0 Å². The zero-order chi connectivity index (χ0) is 13.8. The maximum absolute atomic E-state index is 11.7. The number of terminal acetylenes is 1. The number of nitrogens with one attached hydrogen (secondary N) is 2. The molecule has 0 aliphatic heterocycles. The summed E-state index contributed by atoms with van der Waals surface area (Å²) in [6.07, 6.45) is 7.68. The van der Waals surface area contributed by atoms with Crippen LogP contribution in [0, 0.1) is 18.3 Å². The Labute approximate surface area is 107 Å². The number of carbonyl (C=O) groups is 2. The van der Waals surface area contributed by atoms with Crippen molar-refractivity contribution in [3.8, 4) is 12.3 Å². The predicted octanol–water partition coefficient (Wildman–Crippen LogP) is 1.34. The molecule has 3 N–H and O–H groups in total. The number of carbonyl (C=O) groups excluding carboxylic acids is 1. The highest BCUT2D eigenvalue weighted by molar-refractivity contribution is 5.86. The second-order valence-electron chi connectivity index (χ2n) is 5.06. The fourth-order valence-corrected chi connectivity index (χ4v) is 2.14. The Kier molecular flexibility index (Phi) is 4.60. The van der Waals surface area contributed by atoms with Gasteiger partial charge in [-0.25, -0.2) is 9.59 Å². The quantitative estimate of drug-likeness (QED) is 0.663. The molecule has 18 heavy (non-hydrogen) atoms. The highest BCUT2D eigenvalue weighted by atomic mass is 16.4. The molecule has 1 fully saturated rings. The van der Waals surface area contributed by atoms with Gasteiger partial charge in [0.25, 0.3) is 0 Å². The third-order valence-corrected chi connectivity index (χ3v) is 3.49. The lowest BCUT2D eigenvalue weighted by atomic mass is 9.77. The van der Waals surface area contributed by atoms with Crippen LogP contribution in [-0.4, -0.2) is 28.7 Å². The molecule has 0 aromatic rings. The Hall–Kier alpha value is -1.70. The molecule has 0 radical (unpaired) electrons. The van der Waals surface area contributed by atoms with Gasteiger partial charge in [0.2, 0.25) is 0 Å². The number of hydrogen-bond donors (Lipinski definition) is 3. The molecule has 0 bridgehead atoms. The standard InChI is InChI=1S/C13H20N2O3/c1-4-10(3)14-12(18)15-13(11(16)17)7-5-9(2)6-8-13/h1,9-10H,5-8H2,2-3H3,(H,16,17)(H2,14,15,18). The van der Waals surface area contributed by atoms with Gasteiger partial charge in [0, 0.05) is 0 Å². The van der Waals surface area contributed by atoms with E-state index in [1.807, 2.05) is 0 Å². The molecule has 0 saturated heterocycles. The number of amides is 2. The summed E-state index contributed by atoms with van der Waals surface area (Å²) >= 11 is 0. The number of aliphatic carboxylic acids is 1. The van der Waals surface area contributed by atoms with Crippen molar-refractivity contribution in [1.82, 2.24) is 10.6 Å². The van der Waals surface area contributed by atoms with E-state index in [1.54, 1.807) is 6.92 Å². The maximum atomic E-state index is 11.7. The van der Waals surface area contributed by atoms with Crippen LogP contribution in [0.3, 0.4) is 0 Å². The van der Waals surface area contributed by atoms with E-state index in [2.05, 4.69) is 23.5 Å². The van der Waals surface area contributed by atoms with Gasteiger partial charge >= 0.3 is 12.0 Å². The van der Waals surface area contributed by atoms with Gasteiger partial charge in [-0.05, 0) is 38.5 Å². The van der Waals surface area contributed by atoms with Crippen LogP contribution in [0.2, 0.25) is 0 Å². The van der Waals surface area contributed by atoms with E-state index in [9.17, 15) is 14.7 Å². The molecule has 1 aliphatic carbocycles. The Morgan fingerprint density at radius 2 is 2.00 bits per heavy atom. The van der Waals surface area contributed by atoms with E-state index in [4.69, 9.17) is 6.42 Å². The normalized spacial score (nSPS) is 28.8. The van der Waals surface area contributed by atoms with Gasteiger partial charge in [-0.2, -0.15) is 0 Å². The van der Waals surface area contributed by atoms with Gasteiger partial charge in [0.1, 0.15) is 5.54 Å². The van der Waals surface area contributed by atoms with Crippen molar-refractivity contribution in [2.45, 2.75) is 51.1 Å². The lowest BCUT2D eigenvalue weighted by Crippen LogP contribution is -2.59. The van der Waals surface area contributed by atoms with Crippen LogP contribution in [0.1, 0.15) is 39.5 Å². The summed E-state index contributed by atoms with van der Waals surface area (Å²) in [5.41, 5.74) is -1.15. The second kappa shape index (κ2) is 5.76. The van der Waals surface area contributed by atoms with Crippen LogP contribution < -0.4 is 10.6 Å². The van der Waals surface area contributed by atoms with Gasteiger partial charge in [-0.1, -0.05) is 12.8 Å². The number of urea groups is 1. The van der Waals surface area contributed by atoms with Gasteiger partial charge in [-0.15, -0.1) is 6.42 Å². The molecule has 2 amide bonds. The SMILES string of the molecule is C#CC(C)NC(=O)NC1(C(=O)O)CCC(C)CC1. The zero-order valence-corrected chi connectivity index (χ0v) is 10.8. The minimum Gasteiger partial charge on any atom is -0.480 e. The minimum atomic E-state index is -1.15. The average Bonchev–Trinajstić information content (AvgIpc) is 2.31. The second-order valence-corrected chi connectivity index (χ2v) is 5.06. The molecule has 1 unspecified atom stereocenters. The molecule has 1 saturated carbocycles. The van der Waals surface area contributed by atoms with Crippen LogP contribution in [0.4, 0.5) is 4.79 Å². The first kappa shape index (κ1) is 14.4. The summed E-state index contributed by atoms with van der Waals surface area (Å²) in [7, 11) is 0. The topological polar surface area (TPSA) is 78.4 Å². The Balaban J connectivity index is 2.67. The molecule has 5 heteroatoms. The van der Waals surface area contributed by atoms with Gasteiger partial charge in [0.05, 0.1) is 6.04 Å². The molecular weight excluding hydrogens is 232 g/mol. The van der Waals surface area contributed by atoms with Crippen LogP contribution >= 0.6 is 0 Å². The van der Waals surface area contributed by atoms with Crippen molar-refractivity contribution in [1.29, 1.82) is 0 Å². The summed E-state index contributed by atoms with van der Waals surface area (Å²) in [5.74, 6) is 1.89. The largest absolute Gasteiger partial charge is 0.480 e. The van der Waals surface area contributed by atoms with E-state index in [1.165, 1.54) is 0 Å². The van der Waals surface area contributed by atoms with E-state index < -0.39 is 23.6 Å². The van der Waals surface area contributed by atoms with Crippen molar-refractivity contribution in [3.05, 3.63) is 0 Å². The lowest BCUT2D eigenvalue weighted by Gasteiger charge is -2.36. The number of carboxylic acids is 1. The first-order valence-electron chi connectivity index (χ1n) is 6.18. The smallest absolute Gasteiger partial charge is 0.329 e. The fraction of sp³-hybridized carbons (Fsp3) is 0.692. The van der Waals surface area contributed by atoms with Crippen molar-refractivity contribution in [2.75, 3.05) is 0 Å². The minimum absolute atomic E-state index is 0.418. The van der Waals surface area contributed by atoms with Crippen LogP contribution in [0.25, 0.3) is 0 Å². The molecule has 0 heterocycles. The summed E-state index contributed by atoms with van der Waals surface area (Å²) in [6, 6.07) is -0.934. The summed E-state index contributed by atoms with van der Waals surface area (Å²) < 4.78 is 0. The molecule has 1 aliphatic rings. The Morgan fingerprint density at radius 1 is 1.44 bits per heavy atom. The van der Waals surface area contributed by atoms with E-state index in [0.29, 0.717) is 18.8 Å². The maximum Gasteiger partial charge on any atom is 0.329 e. The first-order valence-corrected chi connectivity index (χ1v) is 6.18. The zero-order valence-electron chi connectivity index (χ0n) is 10.8. The van der Waals surface area contributed by atoms with Gasteiger partial charge in [-0.3, -0.25) is 0 Å². The monoisotopic (exact) mass is 252 g/mol.